The number of nitriles is 1. The molecule has 0 unspecified atom stereocenters. The number of halogens is 1. The number of benzene rings is 2. The molecule has 0 radical (unpaired) electrons. The van der Waals surface area contributed by atoms with Gasteiger partial charge in [0, 0.05) is 5.56 Å². The van der Waals surface area contributed by atoms with Crippen LogP contribution in [0.2, 0.25) is 0 Å². The van der Waals surface area contributed by atoms with Gasteiger partial charge in [0.15, 0.2) is 5.82 Å². The zero-order valence-corrected chi connectivity index (χ0v) is 13.6. The Morgan fingerprint density at radius 1 is 0.960 bits per heavy atom. The average Bonchev–Trinajstić information content (AvgIpc) is 3.12. The lowest BCUT2D eigenvalue weighted by atomic mass is 10.1. The maximum Gasteiger partial charge on any atom is 0.240 e. The Morgan fingerprint density at radius 2 is 1.72 bits per heavy atom. The molecule has 0 atom stereocenters. The molecule has 0 aliphatic carbocycles. The van der Waals surface area contributed by atoms with E-state index in [1.54, 1.807) is 36.4 Å². The van der Waals surface area contributed by atoms with E-state index >= 15 is 0 Å². The first kappa shape index (κ1) is 15.2. The number of ether oxygens (including phenoxy) is 1. The fourth-order valence-corrected chi connectivity index (χ4v) is 3.10. The summed E-state index contributed by atoms with van der Waals surface area (Å²) in [5, 5.41) is 10.8. The standard InChI is InChI=1S/C19H10FN3OS/c20-14-5-7-15(8-6-14)24-19-17-16(9-10-25-17)22-18(23-19)13-3-1-12(11-21)2-4-13/h1-10H. The van der Waals surface area contributed by atoms with Crippen molar-refractivity contribution in [1.29, 1.82) is 5.26 Å². The Labute approximate surface area is 146 Å². The third-order valence-electron chi connectivity index (χ3n) is 3.57. The minimum Gasteiger partial charge on any atom is -0.437 e. The normalized spacial score (nSPS) is 10.6. The highest BCUT2D eigenvalue weighted by molar-refractivity contribution is 7.17. The van der Waals surface area contributed by atoms with Gasteiger partial charge in [0.1, 0.15) is 16.3 Å². The summed E-state index contributed by atoms with van der Waals surface area (Å²) < 4.78 is 19.7. The van der Waals surface area contributed by atoms with Gasteiger partial charge in [-0.2, -0.15) is 10.2 Å². The first-order valence-corrected chi connectivity index (χ1v) is 8.30. The van der Waals surface area contributed by atoms with Gasteiger partial charge < -0.3 is 4.74 Å². The van der Waals surface area contributed by atoms with Crippen molar-refractivity contribution in [3.8, 4) is 29.1 Å². The molecular weight excluding hydrogens is 337 g/mol. The van der Waals surface area contributed by atoms with Crippen molar-refractivity contribution in [3.63, 3.8) is 0 Å². The Bertz CT molecular complexity index is 1080. The predicted octanol–water partition coefficient (Wildman–Crippen LogP) is 5.16. The van der Waals surface area contributed by atoms with Gasteiger partial charge in [0.05, 0.1) is 17.1 Å². The number of thiophene rings is 1. The monoisotopic (exact) mass is 347 g/mol. The summed E-state index contributed by atoms with van der Waals surface area (Å²) >= 11 is 1.48. The van der Waals surface area contributed by atoms with Gasteiger partial charge in [0.25, 0.3) is 0 Å². The molecule has 0 spiro atoms. The molecule has 2 heterocycles. The molecule has 120 valence electrons. The van der Waals surface area contributed by atoms with Crippen LogP contribution >= 0.6 is 11.3 Å². The molecule has 2 aromatic carbocycles. The number of hydrogen-bond acceptors (Lipinski definition) is 5. The van der Waals surface area contributed by atoms with Crippen LogP contribution in [0.1, 0.15) is 5.56 Å². The highest BCUT2D eigenvalue weighted by atomic mass is 32.1. The fraction of sp³-hybridized carbons (Fsp3) is 0. The van der Waals surface area contributed by atoms with Crippen LogP contribution in [0.5, 0.6) is 11.6 Å². The number of fused-ring (bicyclic) bond motifs is 1. The van der Waals surface area contributed by atoms with E-state index < -0.39 is 0 Å². The van der Waals surface area contributed by atoms with Crippen LogP contribution in [-0.4, -0.2) is 9.97 Å². The summed E-state index contributed by atoms with van der Waals surface area (Å²) in [6, 6.07) is 16.8. The molecule has 4 nitrogen and oxygen atoms in total. The second-order valence-corrected chi connectivity index (χ2v) is 6.15. The molecule has 4 aromatic rings. The van der Waals surface area contributed by atoms with Crippen LogP contribution in [-0.2, 0) is 0 Å². The summed E-state index contributed by atoms with van der Waals surface area (Å²) in [4.78, 5) is 9.07. The van der Waals surface area contributed by atoms with E-state index in [1.165, 1.54) is 23.5 Å². The molecule has 0 aliphatic heterocycles. The van der Waals surface area contributed by atoms with Gasteiger partial charge >= 0.3 is 0 Å². The highest BCUT2D eigenvalue weighted by Crippen LogP contribution is 2.33. The Hall–Kier alpha value is -3.30. The van der Waals surface area contributed by atoms with E-state index in [-0.39, 0.29) is 5.82 Å². The first-order chi connectivity index (χ1) is 12.2. The van der Waals surface area contributed by atoms with Gasteiger partial charge in [-0.1, -0.05) is 0 Å². The Kier molecular flexibility index (Phi) is 3.84. The van der Waals surface area contributed by atoms with Crippen molar-refractivity contribution in [1.82, 2.24) is 9.97 Å². The molecule has 0 saturated carbocycles. The summed E-state index contributed by atoms with van der Waals surface area (Å²) in [6.45, 7) is 0. The molecule has 4 rings (SSSR count). The lowest BCUT2D eigenvalue weighted by molar-refractivity contribution is 0.468. The van der Waals surface area contributed by atoms with Gasteiger partial charge in [-0.05, 0) is 60.0 Å². The quantitative estimate of drug-likeness (QED) is 0.513. The molecule has 0 fully saturated rings. The third kappa shape index (κ3) is 3.05. The smallest absolute Gasteiger partial charge is 0.240 e. The van der Waals surface area contributed by atoms with Gasteiger partial charge in [-0.3, -0.25) is 0 Å². The van der Waals surface area contributed by atoms with Gasteiger partial charge in [0.2, 0.25) is 5.88 Å². The van der Waals surface area contributed by atoms with E-state index in [0.717, 1.165) is 15.8 Å². The molecule has 0 aliphatic rings. The second-order valence-electron chi connectivity index (χ2n) is 5.23. The minimum atomic E-state index is -0.324. The zero-order chi connectivity index (χ0) is 17.2. The minimum absolute atomic E-state index is 0.324. The van der Waals surface area contributed by atoms with Crippen LogP contribution in [0.3, 0.4) is 0 Å². The number of nitrogens with zero attached hydrogens (tertiary/aromatic N) is 3. The lowest BCUT2D eigenvalue weighted by Crippen LogP contribution is -1.94. The highest BCUT2D eigenvalue weighted by Gasteiger charge is 2.13. The summed E-state index contributed by atoms with van der Waals surface area (Å²) in [5.41, 5.74) is 2.13. The molecule has 0 saturated heterocycles. The summed E-state index contributed by atoms with van der Waals surface area (Å²) in [6.07, 6.45) is 0. The molecule has 2 aromatic heterocycles. The molecule has 0 N–H and O–H groups in total. The molecule has 25 heavy (non-hydrogen) atoms. The Balaban J connectivity index is 1.78. The van der Waals surface area contributed by atoms with Crippen LogP contribution in [0, 0.1) is 17.1 Å². The van der Waals surface area contributed by atoms with Crippen LogP contribution < -0.4 is 4.74 Å². The van der Waals surface area contributed by atoms with Crippen molar-refractivity contribution in [2.45, 2.75) is 0 Å². The van der Waals surface area contributed by atoms with Crippen LogP contribution in [0.15, 0.2) is 60.0 Å². The molecule has 0 amide bonds. The predicted molar refractivity (Wildman–Crippen MR) is 94.0 cm³/mol. The van der Waals surface area contributed by atoms with E-state index in [0.29, 0.717) is 23.0 Å². The first-order valence-electron chi connectivity index (χ1n) is 7.42. The van der Waals surface area contributed by atoms with Gasteiger partial charge in [-0.15, -0.1) is 11.3 Å². The van der Waals surface area contributed by atoms with E-state index in [4.69, 9.17) is 10.00 Å². The SMILES string of the molecule is N#Cc1ccc(-c2nc(Oc3ccc(F)cc3)c3sccc3n2)cc1. The molecule has 6 heteroatoms. The second kappa shape index (κ2) is 6.30. The number of hydrogen-bond donors (Lipinski definition) is 0. The topological polar surface area (TPSA) is 58.8 Å². The molecule has 0 bridgehead atoms. The largest absolute Gasteiger partial charge is 0.437 e. The third-order valence-corrected chi connectivity index (χ3v) is 4.46. The van der Waals surface area contributed by atoms with Gasteiger partial charge in [-0.25, -0.2) is 9.37 Å². The maximum absolute atomic E-state index is 13.1. The lowest BCUT2D eigenvalue weighted by Gasteiger charge is -2.08. The van der Waals surface area contributed by atoms with Crippen molar-refractivity contribution in [2.75, 3.05) is 0 Å². The van der Waals surface area contributed by atoms with E-state index in [1.807, 2.05) is 11.4 Å². The number of aromatic nitrogens is 2. The molecular formula is C19H10FN3OS. The maximum atomic E-state index is 13.1. The van der Waals surface area contributed by atoms with E-state index in [2.05, 4.69) is 16.0 Å². The van der Waals surface area contributed by atoms with Crippen molar-refractivity contribution >= 4 is 21.6 Å². The number of rotatable bonds is 3. The fourth-order valence-electron chi connectivity index (χ4n) is 2.34. The zero-order valence-electron chi connectivity index (χ0n) is 12.8. The average molecular weight is 347 g/mol. The van der Waals surface area contributed by atoms with Crippen molar-refractivity contribution < 1.29 is 9.13 Å². The summed E-state index contributed by atoms with van der Waals surface area (Å²) in [5.74, 6) is 1.11. The van der Waals surface area contributed by atoms with Crippen LogP contribution in [0.25, 0.3) is 21.6 Å². The van der Waals surface area contributed by atoms with Crippen molar-refractivity contribution in [2.24, 2.45) is 0 Å². The Morgan fingerprint density at radius 3 is 2.44 bits per heavy atom. The van der Waals surface area contributed by atoms with Crippen LogP contribution in [0.4, 0.5) is 4.39 Å². The summed E-state index contributed by atoms with van der Waals surface area (Å²) in [7, 11) is 0. The van der Waals surface area contributed by atoms with Crippen molar-refractivity contribution in [3.05, 3.63) is 71.4 Å². The van der Waals surface area contributed by atoms with E-state index in [9.17, 15) is 4.39 Å².